The first-order chi connectivity index (χ1) is 11.7. The van der Waals surface area contributed by atoms with Crippen molar-refractivity contribution in [3.05, 3.63) is 36.4 Å². The Bertz CT molecular complexity index is 699. The van der Waals surface area contributed by atoms with Crippen LogP contribution in [0.5, 0.6) is 0 Å². The van der Waals surface area contributed by atoms with E-state index >= 15 is 0 Å². The summed E-state index contributed by atoms with van der Waals surface area (Å²) in [4.78, 5) is 25.1. The third kappa shape index (κ3) is 4.13. The molecule has 2 heterocycles. The fourth-order valence-corrected chi connectivity index (χ4v) is 2.65. The number of urea groups is 1. The van der Waals surface area contributed by atoms with Gasteiger partial charge in [-0.05, 0) is 12.8 Å². The number of benzene rings is 1. The predicted molar refractivity (Wildman–Crippen MR) is 89.4 cm³/mol. The third-order valence-corrected chi connectivity index (χ3v) is 3.87. The Morgan fingerprint density at radius 2 is 2.12 bits per heavy atom. The van der Waals surface area contributed by atoms with Gasteiger partial charge in [-0.25, -0.2) is 4.79 Å². The molecule has 24 heavy (non-hydrogen) atoms. The molecule has 0 unspecified atom stereocenters. The fourth-order valence-electron chi connectivity index (χ4n) is 2.65. The minimum Gasteiger partial charge on any atom is -0.354 e. The van der Waals surface area contributed by atoms with Gasteiger partial charge in [0.05, 0.1) is 0 Å². The summed E-state index contributed by atoms with van der Waals surface area (Å²) in [6, 6.07) is 10.9. The van der Waals surface area contributed by atoms with Crippen molar-refractivity contribution in [2.24, 2.45) is 0 Å². The number of aromatic nitrogens is 1. The van der Waals surface area contributed by atoms with Crippen LogP contribution >= 0.6 is 0 Å². The quantitative estimate of drug-likeness (QED) is 0.798. The summed E-state index contributed by atoms with van der Waals surface area (Å²) in [5, 5.41) is 9.22. The fraction of sp³-hybridized carbons (Fsp3) is 0.353. The molecule has 3 rings (SSSR count). The summed E-state index contributed by atoms with van der Waals surface area (Å²) in [6.45, 7) is 2.01. The molecule has 1 aliphatic heterocycles. The Balaban J connectivity index is 1.41. The average Bonchev–Trinajstić information content (AvgIpc) is 3.22. The summed E-state index contributed by atoms with van der Waals surface area (Å²) in [7, 11) is 0. The lowest BCUT2D eigenvalue weighted by atomic mass is 10.2. The van der Waals surface area contributed by atoms with Crippen molar-refractivity contribution in [2.45, 2.75) is 19.3 Å². The van der Waals surface area contributed by atoms with E-state index in [1.807, 2.05) is 35.2 Å². The SMILES string of the molecule is O=C(NCCCN1CCCC1=O)Nc1cc(-c2ccccc2)on1. The Morgan fingerprint density at radius 1 is 1.29 bits per heavy atom. The second kappa shape index (κ2) is 7.63. The zero-order valence-electron chi connectivity index (χ0n) is 13.3. The maximum absolute atomic E-state index is 11.8. The molecule has 2 aromatic rings. The van der Waals surface area contributed by atoms with E-state index in [9.17, 15) is 9.59 Å². The first kappa shape index (κ1) is 16.0. The second-order valence-corrected chi connectivity index (χ2v) is 5.66. The molecule has 7 nitrogen and oxygen atoms in total. The highest BCUT2D eigenvalue weighted by molar-refractivity contribution is 5.88. The molecule has 3 amide bonds. The molecule has 0 radical (unpaired) electrons. The molecule has 126 valence electrons. The summed E-state index contributed by atoms with van der Waals surface area (Å²) in [5.41, 5.74) is 0.897. The number of amides is 3. The zero-order valence-corrected chi connectivity index (χ0v) is 13.3. The van der Waals surface area contributed by atoms with E-state index in [0.717, 1.165) is 24.9 Å². The highest BCUT2D eigenvalue weighted by atomic mass is 16.5. The van der Waals surface area contributed by atoms with Crippen LogP contribution in [-0.4, -0.2) is 41.6 Å². The van der Waals surface area contributed by atoms with Crippen LogP contribution in [0, 0.1) is 0 Å². The number of rotatable bonds is 6. The van der Waals surface area contributed by atoms with Crippen LogP contribution in [0.3, 0.4) is 0 Å². The smallest absolute Gasteiger partial charge is 0.320 e. The van der Waals surface area contributed by atoms with Gasteiger partial charge in [-0.1, -0.05) is 35.5 Å². The average molecular weight is 328 g/mol. The molecule has 1 saturated heterocycles. The molecule has 0 atom stereocenters. The highest BCUT2D eigenvalue weighted by Crippen LogP contribution is 2.21. The second-order valence-electron chi connectivity index (χ2n) is 5.66. The lowest BCUT2D eigenvalue weighted by Crippen LogP contribution is -2.33. The molecule has 0 aliphatic carbocycles. The Labute approximate surface area is 140 Å². The summed E-state index contributed by atoms with van der Waals surface area (Å²) in [5.74, 6) is 1.16. The van der Waals surface area contributed by atoms with Crippen LogP contribution in [0.25, 0.3) is 11.3 Å². The molecule has 1 aromatic heterocycles. The number of likely N-dealkylation sites (tertiary alicyclic amines) is 1. The standard InChI is InChI=1S/C17H20N4O3/c22-16-8-4-10-21(16)11-5-9-18-17(23)19-15-12-14(24-20-15)13-6-2-1-3-7-13/h1-3,6-7,12H,4-5,8-11H2,(H2,18,19,20,23). The van der Waals surface area contributed by atoms with Crippen molar-refractivity contribution < 1.29 is 14.1 Å². The van der Waals surface area contributed by atoms with Gasteiger partial charge < -0.3 is 14.7 Å². The van der Waals surface area contributed by atoms with Gasteiger partial charge in [0, 0.05) is 37.7 Å². The summed E-state index contributed by atoms with van der Waals surface area (Å²) < 4.78 is 5.22. The van der Waals surface area contributed by atoms with Crippen molar-refractivity contribution in [1.29, 1.82) is 0 Å². The zero-order chi connectivity index (χ0) is 16.8. The topological polar surface area (TPSA) is 87.5 Å². The van der Waals surface area contributed by atoms with Gasteiger partial charge in [0.1, 0.15) is 0 Å². The number of hydrogen-bond acceptors (Lipinski definition) is 4. The van der Waals surface area contributed by atoms with E-state index < -0.39 is 0 Å². The molecule has 0 bridgehead atoms. The Morgan fingerprint density at radius 3 is 2.88 bits per heavy atom. The molecular formula is C17H20N4O3. The number of nitrogens with one attached hydrogen (secondary N) is 2. The van der Waals surface area contributed by atoms with Crippen molar-refractivity contribution >= 4 is 17.8 Å². The molecule has 1 aliphatic rings. The minimum atomic E-state index is -0.337. The largest absolute Gasteiger partial charge is 0.354 e. The maximum Gasteiger partial charge on any atom is 0.320 e. The van der Waals surface area contributed by atoms with E-state index in [2.05, 4.69) is 15.8 Å². The monoisotopic (exact) mass is 328 g/mol. The van der Waals surface area contributed by atoms with E-state index in [1.165, 1.54) is 0 Å². The Hall–Kier alpha value is -2.83. The van der Waals surface area contributed by atoms with Gasteiger partial charge in [-0.2, -0.15) is 0 Å². The van der Waals surface area contributed by atoms with E-state index in [0.29, 0.717) is 31.1 Å². The van der Waals surface area contributed by atoms with E-state index in [-0.39, 0.29) is 11.9 Å². The first-order valence-electron chi connectivity index (χ1n) is 8.07. The summed E-state index contributed by atoms with van der Waals surface area (Å²) in [6.07, 6.45) is 2.31. The maximum atomic E-state index is 11.8. The van der Waals surface area contributed by atoms with Crippen LogP contribution in [0.2, 0.25) is 0 Å². The number of carbonyl (C=O) groups excluding carboxylic acids is 2. The van der Waals surface area contributed by atoms with E-state index in [4.69, 9.17) is 4.52 Å². The van der Waals surface area contributed by atoms with Gasteiger partial charge in [0.15, 0.2) is 11.6 Å². The number of carbonyl (C=O) groups is 2. The Kier molecular flexibility index (Phi) is 5.10. The lowest BCUT2D eigenvalue weighted by molar-refractivity contribution is -0.127. The molecule has 1 aromatic carbocycles. The van der Waals surface area contributed by atoms with Crippen molar-refractivity contribution in [3.63, 3.8) is 0 Å². The third-order valence-electron chi connectivity index (χ3n) is 3.87. The molecule has 0 saturated carbocycles. The molecule has 0 spiro atoms. The van der Waals surface area contributed by atoms with Crippen LogP contribution < -0.4 is 10.6 Å². The van der Waals surface area contributed by atoms with Crippen molar-refractivity contribution in [1.82, 2.24) is 15.4 Å². The number of anilines is 1. The molecule has 2 N–H and O–H groups in total. The van der Waals surface area contributed by atoms with Gasteiger partial charge in [0.25, 0.3) is 0 Å². The predicted octanol–water partition coefficient (Wildman–Crippen LogP) is 2.48. The van der Waals surface area contributed by atoms with Crippen LogP contribution in [0.1, 0.15) is 19.3 Å². The van der Waals surface area contributed by atoms with Crippen molar-refractivity contribution in [2.75, 3.05) is 25.0 Å². The van der Waals surface area contributed by atoms with Crippen LogP contribution in [0.4, 0.5) is 10.6 Å². The van der Waals surface area contributed by atoms with Crippen LogP contribution in [0.15, 0.2) is 40.9 Å². The van der Waals surface area contributed by atoms with Gasteiger partial charge >= 0.3 is 6.03 Å². The number of hydrogen-bond donors (Lipinski definition) is 2. The van der Waals surface area contributed by atoms with Crippen molar-refractivity contribution in [3.8, 4) is 11.3 Å². The highest BCUT2D eigenvalue weighted by Gasteiger charge is 2.19. The molecular weight excluding hydrogens is 308 g/mol. The number of nitrogens with zero attached hydrogens (tertiary/aromatic N) is 2. The van der Waals surface area contributed by atoms with Gasteiger partial charge in [-0.15, -0.1) is 0 Å². The van der Waals surface area contributed by atoms with Gasteiger partial charge in [-0.3, -0.25) is 10.1 Å². The minimum absolute atomic E-state index is 0.204. The molecule has 7 heteroatoms. The van der Waals surface area contributed by atoms with Crippen LogP contribution in [-0.2, 0) is 4.79 Å². The summed E-state index contributed by atoms with van der Waals surface area (Å²) >= 11 is 0. The normalized spacial score (nSPS) is 14.0. The van der Waals surface area contributed by atoms with Gasteiger partial charge in [0.2, 0.25) is 5.91 Å². The van der Waals surface area contributed by atoms with E-state index in [1.54, 1.807) is 6.07 Å². The molecule has 1 fully saturated rings. The first-order valence-corrected chi connectivity index (χ1v) is 8.07. The lowest BCUT2D eigenvalue weighted by Gasteiger charge is -2.15.